The zero-order chi connectivity index (χ0) is 17.6. The normalized spacial score (nSPS) is 36.2. The Morgan fingerprint density at radius 3 is 2.35 bits per heavy atom. The average molecular weight is 350 g/mol. The molecule has 10 nitrogen and oxygen atoms in total. The molecule has 1 amide bonds. The van der Waals surface area contributed by atoms with Crippen molar-refractivity contribution in [3.05, 3.63) is 0 Å². The molecule has 0 aromatic rings. The molecule has 6 N–H and O–H groups in total. The summed E-state index contributed by atoms with van der Waals surface area (Å²) in [6.07, 6.45) is 0.0582. The monoisotopic (exact) mass is 350 g/mol. The SMILES string of the molecule is N[C@@H](CO)C(=O)N[C@@]1(C(=O)O)CS(=O)(=O)[C@H]2[C@H](C(=O)O)CC[C@@H]21. The molecule has 2 rings (SSSR count). The summed E-state index contributed by atoms with van der Waals surface area (Å²) in [7, 11) is -4.03. The van der Waals surface area contributed by atoms with Crippen LogP contribution in [0.2, 0.25) is 0 Å². The molecular weight excluding hydrogens is 332 g/mol. The van der Waals surface area contributed by atoms with E-state index in [1.165, 1.54) is 0 Å². The molecule has 1 saturated carbocycles. The lowest BCUT2D eigenvalue weighted by Crippen LogP contribution is -2.63. The fourth-order valence-corrected chi connectivity index (χ4v) is 6.44. The van der Waals surface area contributed by atoms with Crippen molar-refractivity contribution in [3.8, 4) is 0 Å². The van der Waals surface area contributed by atoms with Gasteiger partial charge in [-0.3, -0.25) is 9.59 Å². The zero-order valence-corrected chi connectivity index (χ0v) is 12.8. The Kier molecular flexibility index (Phi) is 4.39. The summed E-state index contributed by atoms with van der Waals surface area (Å²) in [6.45, 7) is -0.736. The van der Waals surface area contributed by atoms with Gasteiger partial charge < -0.3 is 26.4 Å². The van der Waals surface area contributed by atoms with E-state index >= 15 is 0 Å². The van der Waals surface area contributed by atoms with Crippen molar-refractivity contribution in [1.29, 1.82) is 0 Å². The van der Waals surface area contributed by atoms with Crippen molar-refractivity contribution < 1.29 is 38.1 Å². The third kappa shape index (κ3) is 2.68. The molecule has 23 heavy (non-hydrogen) atoms. The lowest BCUT2D eigenvalue weighted by Gasteiger charge is -2.31. The molecular formula is C12H18N2O8S. The number of carbonyl (C=O) groups is 3. The zero-order valence-electron chi connectivity index (χ0n) is 12.0. The summed E-state index contributed by atoms with van der Waals surface area (Å²) >= 11 is 0. The van der Waals surface area contributed by atoms with Crippen molar-refractivity contribution in [3.63, 3.8) is 0 Å². The minimum Gasteiger partial charge on any atom is -0.481 e. The van der Waals surface area contributed by atoms with E-state index in [-0.39, 0.29) is 12.8 Å². The van der Waals surface area contributed by atoms with Crippen LogP contribution in [0.15, 0.2) is 0 Å². The van der Waals surface area contributed by atoms with Gasteiger partial charge in [-0.25, -0.2) is 13.2 Å². The second-order valence-electron chi connectivity index (χ2n) is 5.96. The van der Waals surface area contributed by atoms with Gasteiger partial charge in [0.1, 0.15) is 6.04 Å². The average Bonchev–Trinajstić information content (AvgIpc) is 2.98. The fourth-order valence-electron chi connectivity index (χ4n) is 3.58. The Labute approximate surface area is 131 Å². The van der Waals surface area contributed by atoms with Gasteiger partial charge in [0, 0.05) is 5.92 Å². The fraction of sp³-hybridized carbons (Fsp3) is 0.750. The van der Waals surface area contributed by atoms with Gasteiger partial charge in [0.05, 0.1) is 23.5 Å². The van der Waals surface area contributed by atoms with E-state index in [1.807, 2.05) is 0 Å². The maximum atomic E-state index is 12.3. The quantitative estimate of drug-likeness (QED) is 0.348. The van der Waals surface area contributed by atoms with Crippen molar-refractivity contribution in [1.82, 2.24) is 5.32 Å². The van der Waals surface area contributed by atoms with E-state index in [0.29, 0.717) is 0 Å². The number of carbonyl (C=O) groups excluding carboxylic acids is 1. The van der Waals surface area contributed by atoms with Crippen LogP contribution in [-0.4, -0.2) is 70.8 Å². The Hall–Kier alpha value is -1.72. The third-order valence-corrected chi connectivity index (χ3v) is 6.98. The molecule has 1 heterocycles. The molecule has 0 unspecified atom stereocenters. The first-order valence-electron chi connectivity index (χ1n) is 6.93. The van der Waals surface area contributed by atoms with Crippen LogP contribution in [-0.2, 0) is 24.2 Å². The van der Waals surface area contributed by atoms with Gasteiger partial charge in [-0.2, -0.15) is 0 Å². The van der Waals surface area contributed by atoms with Crippen LogP contribution in [0.25, 0.3) is 0 Å². The number of amides is 1. The van der Waals surface area contributed by atoms with Crippen molar-refractivity contribution in [2.45, 2.75) is 29.7 Å². The highest BCUT2D eigenvalue weighted by Crippen LogP contribution is 2.49. The Balaban J connectivity index is 2.44. The second kappa shape index (κ2) is 5.73. The molecule has 0 aromatic carbocycles. The van der Waals surface area contributed by atoms with Gasteiger partial charge in [0.15, 0.2) is 15.4 Å². The van der Waals surface area contributed by atoms with Crippen LogP contribution < -0.4 is 11.1 Å². The molecule has 0 radical (unpaired) electrons. The van der Waals surface area contributed by atoms with E-state index in [1.54, 1.807) is 0 Å². The minimum absolute atomic E-state index is 0.0147. The van der Waals surface area contributed by atoms with Crippen LogP contribution in [0.3, 0.4) is 0 Å². The van der Waals surface area contributed by atoms with E-state index in [4.69, 9.17) is 15.9 Å². The molecule has 11 heteroatoms. The standard InChI is InChI=1S/C12H18N2O8S/c13-7(3-15)9(16)14-12(11(19)20)4-23(21,22)8-5(10(17)18)1-2-6(8)12/h5-8,15H,1-4,13H2,(H,14,16)(H,17,18)(H,19,20)/t5-,6+,7+,8+,12+/m1/s1. The second-order valence-corrected chi connectivity index (χ2v) is 8.11. The highest BCUT2D eigenvalue weighted by molar-refractivity contribution is 7.92. The summed E-state index contributed by atoms with van der Waals surface area (Å²) in [6, 6.07) is -1.40. The highest BCUT2D eigenvalue weighted by atomic mass is 32.2. The molecule has 2 fully saturated rings. The number of hydrogen-bond acceptors (Lipinski definition) is 7. The van der Waals surface area contributed by atoms with Crippen LogP contribution >= 0.6 is 0 Å². The maximum Gasteiger partial charge on any atom is 0.330 e. The van der Waals surface area contributed by atoms with Gasteiger partial charge in [0.25, 0.3) is 0 Å². The number of rotatable bonds is 5. The topological polar surface area (TPSA) is 184 Å². The molecule has 0 spiro atoms. The Morgan fingerprint density at radius 1 is 1.26 bits per heavy atom. The van der Waals surface area contributed by atoms with Gasteiger partial charge >= 0.3 is 11.9 Å². The molecule has 5 atom stereocenters. The summed E-state index contributed by atoms with van der Waals surface area (Å²) in [5.41, 5.74) is 3.21. The lowest BCUT2D eigenvalue weighted by atomic mass is 9.83. The predicted molar refractivity (Wildman–Crippen MR) is 75.0 cm³/mol. The number of sulfone groups is 1. The highest BCUT2D eigenvalue weighted by Gasteiger charge is 2.67. The van der Waals surface area contributed by atoms with Gasteiger partial charge in [-0.15, -0.1) is 0 Å². The van der Waals surface area contributed by atoms with E-state index < -0.39 is 68.7 Å². The molecule has 0 bridgehead atoms. The largest absolute Gasteiger partial charge is 0.481 e. The van der Waals surface area contributed by atoms with Crippen LogP contribution in [0.1, 0.15) is 12.8 Å². The molecule has 1 saturated heterocycles. The van der Waals surface area contributed by atoms with E-state index in [9.17, 15) is 27.9 Å². The Morgan fingerprint density at radius 2 is 1.87 bits per heavy atom. The number of nitrogens with one attached hydrogen (secondary N) is 1. The number of fused-ring (bicyclic) bond motifs is 1. The number of carboxylic acid groups (broad SMARTS) is 2. The van der Waals surface area contributed by atoms with Crippen LogP contribution in [0.5, 0.6) is 0 Å². The van der Waals surface area contributed by atoms with Crippen LogP contribution in [0, 0.1) is 11.8 Å². The van der Waals surface area contributed by atoms with Gasteiger partial charge in [-0.05, 0) is 12.8 Å². The summed E-state index contributed by atoms with van der Waals surface area (Å²) in [4.78, 5) is 34.9. The first-order valence-corrected chi connectivity index (χ1v) is 8.64. The number of carboxylic acids is 2. The van der Waals surface area contributed by atoms with Crippen LogP contribution in [0.4, 0.5) is 0 Å². The molecule has 1 aliphatic heterocycles. The number of aliphatic carboxylic acids is 2. The van der Waals surface area contributed by atoms with E-state index in [0.717, 1.165) is 0 Å². The molecule has 0 aromatic heterocycles. The maximum absolute atomic E-state index is 12.3. The van der Waals surface area contributed by atoms with E-state index in [2.05, 4.69) is 5.32 Å². The number of aliphatic hydroxyl groups excluding tert-OH is 1. The van der Waals surface area contributed by atoms with Crippen molar-refractivity contribution in [2.75, 3.05) is 12.4 Å². The Bertz CT molecular complexity index is 647. The third-order valence-electron chi connectivity index (χ3n) is 4.64. The summed E-state index contributed by atoms with van der Waals surface area (Å²) in [5.74, 6) is -7.00. The summed E-state index contributed by atoms with van der Waals surface area (Å²) in [5, 5.41) is 28.4. The molecule has 1 aliphatic carbocycles. The van der Waals surface area contributed by atoms with Crippen molar-refractivity contribution in [2.24, 2.45) is 17.6 Å². The molecule has 130 valence electrons. The first kappa shape index (κ1) is 17.6. The first-order chi connectivity index (χ1) is 10.6. The van der Waals surface area contributed by atoms with Gasteiger partial charge in [-0.1, -0.05) is 0 Å². The molecule has 2 aliphatic rings. The minimum atomic E-state index is -4.03. The smallest absolute Gasteiger partial charge is 0.330 e. The lowest BCUT2D eigenvalue weighted by molar-refractivity contribution is -0.149. The van der Waals surface area contributed by atoms with Gasteiger partial charge in [0.2, 0.25) is 5.91 Å². The van der Waals surface area contributed by atoms with Crippen molar-refractivity contribution >= 4 is 27.7 Å². The number of aliphatic hydroxyl groups is 1. The summed E-state index contributed by atoms with van der Waals surface area (Å²) < 4.78 is 24.7. The number of nitrogens with two attached hydrogens (primary N) is 1. The predicted octanol–water partition coefficient (Wildman–Crippen LogP) is -2.85. The number of hydrogen-bond donors (Lipinski definition) is 5.